The molecule has 0 N–H and O–H groups in total. The number of rotatable bonds is 8. The van der Waals surface area contributed by atoms with Crippen LogP contribution in [0.15, 0.2) is 425 Å². The van der Waals surface area contributed by atoms with Gasteiger partial charge in [-0.05, 0) is 163 Å². The highest BCUT2D eigenvalue weighted by Gasteiger charge is 2.56. The van der Waals surface area contributed by atoms with Crippen molar-refractivity contribution < 1.29 is 0 Å². The highest BCUT2D eigenvalue weighted by molar-refractivity contribution is 6.30. The van der Waals surface area contributed by atoms with Crippen molar-refractivity contribution in [2.24, 2.45) is 0 Å². The summed E-state index contributed by atoms with van der Waals surface area (Å²) in [6, 6.07) is 154. The van der Waals surface area contributed by atoms with E-state index in [-0.39, 0.29) is 0 Å². The summed E-state index contributed by atoms with van der Waals surface area (Å²) in [5, 5.41) is 11.9. The Labute approximate surface area is 714 Å². The van der Waals surface area contributed by atoms with Gasteiger partial charge in [-0.3, -0.25) is 9.13 Å². The van der Waals surface area contributed by atoms with Gasteiger partial charge in [-0.2, -0.15) is 19.9 Å². The van der Waals surface area contributed by atoms with Crippen molar-refractivity contribution in [1.29, 1.82) is 0 Å². The van der Waals surface area contributed by atoms with Gasteiger partial charge < -0.3 is 0 Å². The van der Waals surface area contributed by atoms with E-state index in [9.17, 15) is 0 Å². The third-order valence-electron chi connectivity index (χ3n) is 26.7. The molecule has 2 spiro atoms. The van der Waals surface area contributed by atoms with Crippen LogP contribution < -0.4 is 0 Å². The highest BCUT2D eigenvalue weighted by atomic mass is 15.2. The normalized spacial score (nSPS) is 13.1. The van der Waals surface area contributed by atoms with E-state index >= 15 is 0 Å². The summed E-state index contributed by atoms with van der Waals surface area (Å²) >= 11 is 0. The summed E-state index contributed by atoms with van der Waals surface area (Å²) < 4.78 is 4.72. The van der Waals surface area contributed by atoms with Crippen molar-refractivity contribution in [2.45, 2.75) is 10.8 Å². The lowest BCUT2D eigenvalue weighted by atomic mass is 9.69. The van der Waals surface area contributed by atoms with Crippen molar-refractivity contribution in [3.05, 3.63) is 469 Å². The van der Waals surface area contributed by atoms with Crippen LogP contribution in [0.2, 0.25) is 0 Å². The van der Waals surface area contributed by atoms with Crippen LogP contribution >= 0.6 is 0 Å². The summed E-state index contributed by atoms with van der Waals surface area (Å²) in [7, 11) is 0. The highest BCUT2D eigenvalue weighted by Crippen LogP contribution is 2.69. The predicted octanol–water partition coefficient (Wildman–Crippen LogP) is 28.1. The third-order valence-corrected chi connectivity index (χ3v) is 26.7. The fourth-order valence-electron chi connectivity index (χ4n) is 21.7. The molecule has 0 saturated carbocycles. The van der Waals surface area contributed by atoms with Crippen LogP contribution in [-0.2, 0) is 10.8 Å². The van der Waals surface area contributed by atoms with Crippen LogP contribution in [0, 0.1) is 0 Å². The number of fused-ring (bicyclic) bond motifs is 35. The van der Waals surface area contributed by atoms with Gasteiger partial charge in [-0.25, -0.2) is 9.97 Å². The lowest BCUT2D eigenvalue weighted by Gasteiger charge is -2.32. The molecule has 27 rings (SSSR count). The van der Waals surface area contributed by atoms with Gasteiger partial charge in [0, 0.05) is 54.9 Å². The molecule has 0 amide bonds. The molecule has 0 radical (unpaired) electrons. The predicted molar refractivity (Wildman–Crippen MR) is 506 cm³/mol. The van der Waals surface area contributed by atoms with Gasteiger partial charge in [-0.15, -0.1) is 0 Å². The smallest absolute Gasteiger partial charge is 0.238 e. The summed E-state index contributed by atoms with van der Waals surface area (Å²) in [5.74, 6) is 3.67. The molecule has 4 aliphatic rings. The number of hydrogen-bond donors (Lipinski definition) is 0. The molecule has 574 valence electrons. The molecule has 0 unspecified atom stereocenters. The van der Waals surface area contributed by atoms with E-state index in [1.807, 2.05) is 54.6 Å². The van der Waals surface area contributed by atoms with Crippen LogP contribution in [-0.4, -0.2) is 39.0 Å². The Balaban J connectivity index is 0.000000134. The Morgan fingerprint density at radius 3 is 0.903 bits per heavy atom. The largest absolute Gasteiger partial charge is 0.277 e. The van der Waals surface area contributed by atoms with E-state index in [1.54, 1.807) is 0 Å². The molecule has 8 heteroatoms. The maximum atomic E-state index is 5.48. The molecule has 23 aromatic rings. The van der Waals surface area contributed by atoms with Crippen molar-refractivity contribution in [3.63, 3.8) is 0 Å². The van der Waals surface area contributed by atoms with Gasteiger partial charge in [0.25, 0.3) is 0 Å². The maximum absolute atomic E-state index is 5.48. The first kappa shape index (κ1) is 69.5. The minimum Gasteiger partial charge on any atom is -0.277 e. The van der Waals surface area contributed by atoms with E-state index in [4.69, 9.17) is 29.9 Å². The SMILES string of the molecule is c1ccc(-c2ccc3c(c2)C2(c4cc(-c5ccccc5)ccc4-3)c3ccccc3-c3c2c2c(c4ccccc34)c3ccccc3n2-c2nc(-c3ccccc3)nc(-c3ccccc3)n2)cc1.c1ccc(-c2nc(-c3ccc4ccccc4c3)nc(-n3c4ccccc4c4c5ccccc5c5c(c43)C3(c4ccccc4-c4ccccc43)c3ccccc3-5)n2)cc1. The molecule has 4 aliphatic carbocycles. The number of aromatic nitrogens is 8. The average molecular weight is 1580 g/mol. The van der Waals surface area contributed by atoms with E-state index in [0.29, 0.717) is 35.2 Å². The number of nitrogens with zero attached hydrogens (tertiary/aromatic N) is 8. The van der Waals surface area contributed by atoms with Crippen LogP contribution in [0.4, 0.5) is 0 Å². The standard InChI is InChI=1S/C62H38N4.C54H32N4/c1-5-19-39(20-6-1)43-33-35-45-46-36-34-44(40-21-7-2-8-22-40)38-53(46)62(52(45)37-43)51-31-17-15-29-49(51)55-47-27-13-14-28-48(47)56-50-30-16-18-32-54(50)66(58(56)57(55)62)61-64-59(41-23-9-3-10-24-41)63-60(65-61)42-25-11-4-12-26-42;1-2-17-34(18-3-1)51-55-52(36-31-30-33-16-4-5-19-35(33)32-36)57-53(56-51)58-46-29-15-11-25-42(46)48-40-23-7-6-22-39(40)47-41-24-10-14-28-45(41)54(49(47)50(48)58)43-26-12-8-20-37(43)38-21-9-13-27-44(38)54/h1-38H;1-32H. The van der Waals surface area contributed by atoms with E-state index in [1.165, 1.54) is 149 Å². The first-order valence-corrected chi connectivity index (χ1v) is 42.5. The van der Waals surface area contributed by atoms with Gasteiger partial charge in [-0.1, -0.05) is 394 Å². The van der Waals surface area contributed by atoms with Crippen LogP contribution in [0.3, 0.4) is 0 Å². The summed E-state index contributed by atoms with van der Waals surface area (Å²) in [5.41, 5.74) is 31.7. The monoisotopic (exact) mass is 1570 g/mol. The third kappa shape index (κ3) is 9.90. The summed E-state index contributed by atoms with van der Waals surface area (Å²) in [6.45, 7) is 0. The maximum Gasteiger partial charge on any atom is 0.238 e. The Morgan fingerprint density at radius 2 is 0.484 bits per heavy atom. The Bertz CT molecular complexity index is 8230. The molecular formula is C116H70N8. The molecule has 4 aromatic heterocycles. The molecule has 0 aliphatic heterocycles. The van der Waals surface area contributed by atoms with Crippen molar-refractivity contribution >= 4 is 75.9 Å². The zero-order valence-corrected chi connectivity index (χ0v) is 67.0. The summed E-state index contributed by atoms with van der Waals surface area (Å²) in [4.78, 5) is 32.2. The molecule has 0 saturated heterocycles. The van der Waals surface area contributed by atoms with Gasteiger partial charge in [0.05, 0.1) is 32.9 Å². The molecule has 8 nitrogen and oxygen atoms in total. The minimum atomic E-state index is -0.738. The van der Waals surface area contributed by atoms with Crippen molar-refractivity contribution in [2.75, 3.05) is 0 Å². The summed E-state index contributed by atoms with van der Waals surface area (Å²) in [6.07, 6.45) is 0. The van der Waals surface area contributed by atoms with Gasteiger partial charge in [0.15, 0.2) is 23.3 Å². The van der Waals surface area contributed by atoms with E-state index < -0.39 is 10.8 Å². The Hall–Kier alpha value is -16.4. The lowest BCUT2D eigenvalue weighted by Crippen LogP contribution is -2.27. The minimum absolute atomic E-state index is 0.576. The first-order chi connectivity index (χ1) is 61.5. The van der Waals surface area contributed by atoms with E-state index in [0.717, 1.165) is 60.5 Å². The number of benzene rings is 19. The van der Waals surface area contributed by atoms with E-state index in [2.05, 4.69) is 379 Å². The zero-order valence-electron chi connectivity index (χ0n) is 67.0. The zero-order chi connectivity index (χ0) is 81.3. The molecule has 0 bridgehead atoms. The molecule has 19 aromatic carbocycles. The van der Waals surface area contributed by atoms with Gasteiger partial charge in [0.2, 0.25) is 11.9 Å². The fourth-order valence-corrected chi connectivity index (χ4v) is 21.7. The second kappa shape index (κ2) is 27.0. The van der Waals surface area contributed by atoms with Crippen molar-refractivity contribution in [1.82, 2.24) is 39.0 Å². The fraction of sp³-hybridized carbons (Fsp3) is 0.0172. The quantitative estimate of drug-likeness (QED) is 0.151. The Kier molecular flexibility index (Phi) is 15.2. The number of para-hydroxylation sites is 2. The first-order valence-electron chi connectivity index (χ1n) is 42.5. The van der Waals surface area contributed by atoms with Crippen LogP contribution in [0.5, 0.6) is 0 Å². The van der Waals surface area contributed by atoms with Gasteiger partial charge >= 0.3 is 0 Å². The second-order valence-electron chi connectivity index (χ2n) is 32.9. The topological polar surface area (TPSA) is 87.2 Å². The average Bonchev–Trinajstić information content (AvgIpc) is 1.49. The molecule has 4 heterocycles. The molecule has 0 atom stereocenters. The number of hydrogen-bond acceptors (Lipinski definition) is 6. The Morgan fingerprint density at radius 1 is 0.185 bits per heavy atom. The molecule has 124 heavy (non-hydrogen) atoms. The lowest BCUT2D eigenvalue weighted by molar-refractivity contribution is 0.795. The molecule has 0 fully saturated rings. The van der Waals surface area contributed by atoms with Crippen LogP contribution in [0.25, 0.3) is 200 Å². The van der Waals surface area contributed by atoms with Crippen LogP contribution in [0.1, 0.15) is 44.5 Å². The van der Waals surface area contributed by atoms with Gasteiger partial charge in [0.1, 0.15) is 0 Å². The molecular weight excluding hydrogens is 1510 g/mol. The van der Waals surface area contributed by atoms with Crippen molar-refractivity contribution in [3.8, 4) is 124 Å². The second-order valence-corrected chi connectivity index (χ2v) is 32.9.